The lowest BCUT2D eigenvalue weighted by Gasteiger charge is -2.31. The Labute approximate surface area is 126 Å². The first kappa shape index (κ1) is 13.3. The molecule has 0 N–H and O–H groups in total. The smallest absolute Gasteiger partial charge is 0.225 e. The molecule has 2 aromatic rings. The largest absolute Gasteiger partial charge is 0.362 e. The van der Waals surface area contributed by atoms with Crippen LogP contribution in [0.25, 0.3) is 0 Å². The van der Waals surface area contributed by atoms with Crippen molar-refractivity contribution in [2.75, 3.05) is 30.4 Å². The van der Waals surface area contributed by atoms with Gasteiger partial charge in [0.25, 0.3) is 0 Å². The summed E-state index contributed by atoms with van der Waals surface area (Å²) < 4.78 is 1.09. The zero-order chi connectivity index (χ0) is 14.1. The quantitative estimate of drug-likeness (QED) is 0.843. The van der Waals surface area contributed by atoms with E-state index < -0.39 is 0 Å². The highest BCUT2D eigenvalue weighted by Crippen LogP contribution is 2.32. The lowest BCUT2D eigenvalue weighted by Crippen LogP contribution is -2.33. The molecule has 0 radical (unpaired) electrons. The van der Waals surface area contributed by atoms with Crippen molar-refractivity contribution in [3.8, 4) is 0 Å². The molecular weight excluding hydrogens is 318 g/mol. The predicted octanol–water partition coefficient (Wildman–Crippen LogP) is 2.26. The Kier molecular flexibility index (Phi) is 3.56. The Morgan fingerprint density at radius 3 is 2.60 bits per heavy atom. The molecule has 3 heterocycles. The molecule has 0 fully saturated rings. The van der Waals surface area contributed by atoms with Gasteiger partial charge in [0.1, 0.15) is 5.82 Å². The summed E-state index contributed by atoms with van der Waals surface area (Å²) in [7, 11) is 4.04. The van der Waals surface area contributed by atoms with Crippen LogP contribution in [-0.2, 0) is 13.0 Å². The molecule has 1 aliphatic rings. The third-order valence-corrected chi connectivity index (χ3v) is 4.15. The molecule has 0 aromatic carbocycles. The standard InChI is InChI=1S/C14H16BrN5/c1-19(2)13-11-9-20(14-16-5-3-6-17-14)7-4-10(11)12(15)8-18-13/h3,5-6,8H,4,7,9H2,1-2H3. The zero-order valence-electron chi connectivity index (χ0n) is 11.5. The Bertz CT molecular complexity index is 614. The van der Waals surface area contributed by atoms with Crippen molar-refractivity contribution < 1.29 is 0 Å². The molecule has 1 aliphatic heterocycles. The number of hydrogen-bond acceptors (Lipinski definition) is 5. The molecule has 6 heteroatoms. The Balaban J connectivity index is 2.00. The number of pyridine rings is 1. The third kappa shape index (κ3) is 2.35. The fourth-order valence-corrected chi connectivity index (χ4v) is 3.06. The SMILES string of the molecule is CN(C)c1ncc(Br)c2c1CN(c1ncccn1)CC2. The van der Waals surface area contributed by atoms with Crippen molar-refractivity contribution in [1.82, 2.24) is 15.0 Å². The molecule has 0 aliphatic carbocycles. The molecule has 0 bridgehead atoms. The summed E-state index contributed by atoms with van der Waals surface area (Å²) in [4.78, 5) is 17.5. The van der Waals surface area contributed by atoms with Crippen LogP contribution in [0.4, 0.5) is 11.8 Å². The first-order valence-electron chi connectivity index (χ1n) is 6.52. The lowest BCUT2D eigenvalue weighted by atomic mass is 10.0. The molecule has 0 saturated heterocycles. The van der Waals surface area contributed by atoms with Crippen LogP contribution in [0.5, 0.6) is 0 Å². The minimum Gasteiger partial charge on any atom is -0.362 e. The summed E-state index contributed by atoms with van der Waals surface area (Å²) in [6.45, 7) is 1.71. The van der Waals surface area contributed by atoms with Gasteiger partial charge in [0, 0.05) is 55.8 Å². The predicted molar refractivity (Wildman–Crippen MR) is 83.1 cm³/mol. The van der Waals surface area contributed by atoms with Crippen molar-refractivity contribution >= 4 is 27.7 Å². The summed E-state index contributed by atoms with van der Waals surface area (Å²) >= 11 is 3.61. The minimum atomic E-state index is 0.780. The highest BCUT2D eigenvalue weighted by Gasteiger charge is 2.24. The highest BCUT2D eigenvalue weighted by molar-refractivity contribution is 9.10. The first-order valence-corrected chi connectivity index (χ1v) is 7.31. The van der Waals surface area contributed by atoms with Crippen molar-refractivity contribution in [3.63, 3.8) is 0 Å². The van der Waals surface area contributed by atoms with E-state index in [1.165, 1.54) is 11.1 Å². The van der Waals surface area contributed by atoms with Crippen molar-refractivity contribution in [2.45, 2.75) is 13.0 Å². The van der Waals surface area contributed by atoms with Gasteiger partial charge in [0.05, 0.1) is 0 Å². The van der Waals surface area contributed by atoms with Crippen LogP contribution in [0.15, 0.2) is 29.1 Å². The number of halogens is 1. The average Bonchev–Trinajstić information content (AvgIpc) is 2.48. The third-order valence-electron chi connectivity index (χ3n) is 3.46. The van der Waals surface area contributed by atoms with Crippen LogP contribution in [0.3, 0.4) is 0 Å². The summed E-state index contributed by atoms with van der Waals surface area (Å²) in [5, 5.41) is 0. The summed E-state index contributed by atoms with van der Waals surface area (Å²) in [6, 6.07) is 1.84. The fraction of sp³-hybridized carbons (Fsp3) is 0.357. The maximum absolute atomic E-state index is 4.53. The van der Waals surface area contributed by atoms with Gasteiger partial charge in [-0.15, -0.1) is 0 Å². The normalized spacial score (nSPS) is 14.1. The van der Waals surface area contributed by atoms with Crippen molar-refractivity contribution in [2.24, 2.45) is 0 Å². The van der Waals surface area contributed by atoms with Crippen molar-refractivity contribution in [3.05, 3.63) is 40.3 Å². The van der Waals surface area contributed by atoms with Gasteiger partial charge in [-0.1, -0.05) is 0 Å². The lowest BCUT2D eigenvalue weighted by molar-refractivity contribution is 0.699. The van der Waals surface area contributed by atoms with Crippen LogP contribution >= 0.6 is 15.9 Å². The van der Waals surface area contributed by atoms with E-state index in [0.29, 0.717) is 0 Å². The summed E-state index contributed by atoms with van der Waals surface area (Å²) in [6.07, 6.45) is 6.42. The Morgan fingerprint density at radius 1 is 1.15 bits per heavy atom. The van der Waals surface area contributed by atoms with E-state index in [2.05, 4.69) is 40.7 Å². The van der Waals surface area contributed by atoms with Gasteiger partial charge in [-0.2, -0.15) is 0 Å². The van der Waals surface area contributed by atoms with E-state index >= 15 is 0 Å². The van der Waals surface area contributed by atoms with E-state index in [4.69, 9.17) is 0 Å². The summed E-state index contributed by atoms with van der Waals surface area (Å²) in [5.41, 5.74) is 2.60. The number of hydrogen-bond donors (Lipinski definition) is 0. The molecular formula is C14H16BrN5. The second-order valence-corrected chi connectivity index (χ2v) is 5.86. The first-order chi connectivity index (χ1) is 9.66. The topological polar surface area (TPSA) is 45.2 Å². The maximum Gasteiger partial charge on any atom is 0.225 e. The molecule has 0 spiro atoms. The highest BCUT2D eigenvalue weighted by atomic mass is 79.9. The van der Waals surface area contributed by atoms with E-state index in [1.54, 1.807) is 12.4 Å². The van der Waals surface area contributed by atoms with Crippen molar-refractivity contribution in [1.29, 1.82) is 0 Å². The van der Waals surface area contributed by atoms with Gasteiger partial charge >= 0.3 is 0 Å². The molecule has 0 amide bonds. The number of anilines is 2. The fourth-order valence-electron chi connectivity index (χ4n) is 2.52. The van der Waals surface area contributed by atoms with Gasteiger partial charge in [-0.3, -0.25) is 0 Å². The molecule has 5 nitrogen and oxygen atoms in total. The van der Waals surface area contributed by atoms with Gasteiger partial charge in [0.2, 0.25) is 5.95 Å². The zero-order valence-corrected chi connectivity index (χ0v) is 13.1. The average molecular weight is 334 g/mol. The van der Waals surface area contributed by atoms with Crippen LogP contribution in [0, 0.1) is 0 Å². The molecule has 2 aromatic heterocycles. The van der Waals surface area contributed by atoms with Crippen LogP contribution in [0.1, 0.15) is 11.1 Å². The molecule has 0 saturated carbocycles. The van der Waals surface area contributed by atoms with Gasteiger partial charge in [-0.25, -0.2) is 15.0 Å². The van der Waals surface area contributed by atoms with Gasteiger partial charge in [-0.05, 0) is 34.0 Å². The second kappa shape index (κ2) is 5.36. The van der Waals surface area contributed by atoms with Crippen LogP contribution in [0.2, 0.25) is 0 Å². The van der Waals surface area contributed by atoms with E-state index in [1.807, 2.05) is 26.4 Å². The number of fused-ring (bicyclic) bond motifs is 1. The summed E-state index contributed by atoms with van der Waals surface area (Å²) in [5.74, 6) is 1.80. The molecule has 20 heavy (non-hydrogen) atoms. The molecule has 0 unspecified atom stereocenters. The Hall–Kier alpha value is -1.69. The van der Waals surface area contributed by atoms with Crippen LogP contribution < -0.4 is 9.80 Å². The monoisotopic (exact) mass is 333 g/mol. The molecule has 0 atom stereocenters. The maximum atomic E-state index is 4.53. The molecule has 104 valence electrons. The number of nitrogens with zero attached hydrogens (tertiary/aromatic N) is 5. The number of aromatic nitrogens is 3. The number of rotatable bonds is 2. The minimum absolute atomic E-state index is 0.780. The van der Waals surface area contributed by atoms with Crippen LogP contribution in [-0.4, -0.2) is 35.6 Å². The molecule has 3 rings (SSSR count). The van der Waals surface area contributed by atoms with E-state index in [0.717, 1.165) is 35.7 Å². The van der Waals surface area contributed by atoms with Gasteiger partial charge in [0.15, 0.2) is 0 Å². The second-order valence-electron chi connectivity index (χ2n) is 5.00. The van der Waals surface area contributed by atoms with Gasteiger partial charge < -0.3 is 9.80 Å². The Morgan fingerprint density at radius 2 is 1.90 bits per heavy atom. The van der Waals surface area contributed by atoms with E-state index in [-0.39, 0.29) is 0 Å². The van der Waals surface area contributed by atoms with E-state index in [9.17, 15) is 0 Å².